The molecule has 0 spiro atoms. The Morgan fingerprint density at radius 2 is 2.03 bits per heavy atom. The zero-order valence-corrected chi connectivity index (χ0v) is 19.2. The molecule has 1 atom stereocenters. The largest absolute Gasteiger partial charge is 0.496 e. The third kappa shape index (κ3) is 4.71. The van der Waals surface area contributed by atoms with Crippen molar-refractivity contribution in [2.24, 2.45) is 0 Å². The number of ether oxygens (including phenoxy) is 1. The second-order valence-corrected chi connectivity index (χ2v) is 10.3. The molecule has 9 heteroatoms. The number of rotatable bonds is 6. The maximum absolute atomic E-state index is 13.6. The fraction of sp³-hybridized carbons (Fsp3) is 0.227. The third-order valence-corrected chi connectivity index (χ3v) is 8.33. The number of fused-ring (bicyclic) bond motifs is 1. The molecule has 1 saturated heterocycles. The normalized spacial score (nSPS) is 17.0. The van der Waals surface area contributed by atoms with E-state index < -0.39 is 19.2 Å². The standard InChI is InChI=1S/C22H21ClNO5PS/c1-27-19-6-3-2-5-15(19)9-10-24-22(25)21(30(26)28-11-4-12-29-30)18-14-31-20-8-7-16(23)13-17(18)20/h2-3,5-10,13-14,21H,4,11-12H2,1H3,(H,24,25). The van der Waals surface area contributed by atoms with Gasteiger partial charge in [-0.25, -0.2) is 0 Å². The molecule has 4 rings (SSSR count). The minimum atomic E-state index is -3.72. The molecule has 3 aromatic rings. The van der Waals surface area contributed by atoms with Gasteiger partial charge in [0.1, 0.15) is 5.75 Å². The van der Waals surface area contributed by atoms with Gasteiger partial charge in [0, 0.05) is 21.5 Å². The summed E-state index contributed by atoms with van der Waals surface area (Å²) in [4.78, 5) is 13.3. The molecule has 1 aliphatic rings. The third-order valence-electron chi connectivity index (χ3n) is 4.88. The number of hydrogen-bond acceptors (Lipinski definition) is 6. The van der Waals surface area contributed by atoms with Gasteiger partial charge in [0.15, 0.2) is 5.66 Å². The van der Waals surface area contributed by atoms with E-state index >= 15 is 0 Å². The number of benzene rings is 2. The first-order valence-corrected chi connectivity index (χ1v) is 12.5. The highest BCUT2D eigenvalue weighted by atomic mass is 35.5. The van der Waals surface area contributed by atoms with E-state index in [-0.39, 0.29) is 13.2 Å². The molecule has 1 N–H and O–H groups in total. The monoisotopic (exact) mass is 477 g/mol. The van der Waals surface area contributed by atoms with Crippen LogP contribution in [0.3, 0.4) is 0 Å². The molecule has 6 nitrogen and oxygen atoms in total. The van der Waals surface area contributed by atoms with Crippen molar-refractivity contribution in [2.45, 2.75) is 12.1 Å². The minimum Gasteiger partial charge on any atom is -0.496 e. The first kappa shape index (κ1) is 22.1. The lowest BCUT2D eigenvalue weighted by atomic mass is 10.1. The van der Waals surface area contributed by atoms with Crippen LogP contribution in [-0.2, 0) is 18.4 Å². The van der Waals surface area contributed by atoms with Crippen LogP contribution in [0.4, 0.5) is 0 Å². The van der Waals surface area contributed by atoms with Crippen LogP contribution in [0, 0.1) is 0 Å². The first-order valence-electron chi connectivity index (χ1n) is 9.67. The molecule has 2 aromatic carbocycles. The molecular formula is C22H21ClNO5PS. The lowest BCUT2D eigenvalue weighted by molar-refractivity contribution is -0.120. The number of methoxy groups -OCH3 is 1. The molecule has 1 aromatic heterocycles. The van der Waals surface area contributed by atoms with Gasteiger partial charge in [-0.15, -0.1) is 11.3 Å². The second kappa shape index (κ2) is 9.55. The molecule has 0 saturated carbocycles. The summed E-state index contributed by atoms with van der Waals surface area (Å²) in [6.07, 6.45) is 3.85. The predicted molar refractivity (Wildman–Crippen MR) is 124 cm³/mol. The molecule has 0 bridgehead atoms. The Balaban J connectivity index is 1.67. The number of thiophene rings is 1. The maximum Gasteiger partial charge on any atom is 0.347 e. The summed E-state index contributed by atoms with van der Waals surface area (Å²) >= 11 is 7.63. The second-order valence-electron chi connectivity index (χ2n) is 6.88. The van der Waals surface area contributed by atoms with Crippen LogP contribution in [0.15, 0.2) is 54.0 Å². The van der Waals surface area contributed by atoms with Gasteiger partial charge in [-0.3, -0.25) is 9.36 Å². The Hall–Kier alpha value is -2.15. The molecule has 162 valence electrons. The van der Waals surface area contributed by atoms with Crippen molar-refractivity contribution in [2.75, 3.05) is 20.3 Å². The quantitative estimate of drug-likeness (QED) is 0.439. The van der Waals surface area contributed by atoms with Crippen molar-refractivity contribution in [3.63, 3.8) is 0 Å². The van der Waals surface area contributed by atoms with Crippen LogP contribution < -0.4 is 10.1 Å². The van der Waals surface area contributed by atoms with Crippen molar-refractivity contribution in [3.8, 4) is 5.75 Å². The van der Waals surface area contributed by atoms with Gasteiger partial charge < -0.3 is 19.1 Å². The van der Waals surface area contributed by atoms with E-state index in [0.29, 0.717) is 22.8 Å². The van der Waals surface area contributed by atoms with Gasteiger partial charge in [-0.05, 0) is 53.1 Å². The number of amides is 1. The Labute approximate surface area is 189 Å². The van der Waals surface area contributed by atoms with Gasteiger partial charge in [0.05, 0.1) is 20.3 Å². The molecular weight excluding hydrogens is 457 g/mol. The fourth-order valence-electron chi connectivity index (χ4n) is 3.41. The van der Waals surface area contributed by atoms with E-state index in [2.05, 4.69) is 5.32 Å². The van der Waals surface area contributed by atoms with E-state index in [1.54, 1.807) is 25.3 Å². The van der Waals surface area contributed by atoms with Crippen molar-refractivity contribution in [3.05, 3.63) is 70.2 Å². The van der Waals surface area contributed by atoms with Gasteiger partial charge >= 0.3 is 7.60 Å². The molecule has 1 aliphatic heterocycles. The number of halogens is 1. The number of carbonyl (C=O) groups is 1. The molecule has 1 unspecified atom stereocenters. The summed E-state index contributed by atoms with van der Waals surface area (Å²) in [6, 6.07) is 12.8. The van der Waals surface area contributed by atoms with Crippen molar-refractivity contribution in [1.29, 1.82) is 0 Å². The van der Waals surface area contributed by atoms with Crippen LogP contribution in [0.1, 0.15) is 23.2 Å². The van der Waals surface area contributed by atoms with Crippen LogP contribution in [0.2, 0.25) is 5.02 Å². The summed E-state index contributed by atoms with van der Waals surface area (Å²) in [6.45, 7) is 0.557. The molecule has 1 fully saturated rings. The number of para-hydroxylation sites is 1. The van der Waals surface area contributed by atoms with Gasteiger partial charge in [0.25, 0.3) is 0 Å². The highest BCUT2D eigenvalue weighted by molar-refractivity contribution is 7.55. The van der Waals surface area contributed by atoms with Gasteiger partial charge in [0.2, 0.25) is 5.91 Å². The average molecular weight is 478 g/mol. The summed E-state index contributed by atoms with van der Waals surface area (Å²) in [5, 5.41) is 5.85. The zero-order valence-electron chi connectivity index (χ0n) is 16.7. The topological polar surface area (TPSA) is 73.9 Å². The van der Waals surface area contributed by atoms with E-state index in [4.69, 9.17) is 25.4 Å². The van der Waals surface area contributed by atoms with E-state index in [9.17, 15) is 9.36 Å². The molecule has 1 amide bonds. The highest BCUT2D eigenvalue weighted by Crippen LogP contribution is 2.63. The van der Waals surface area contributed by atoms with Gasteiger partial charge in [-0.2, -0.15) is 0 Å². The van der Waals surface area contributed by atoms with E-state index in [0.717, 1.165) is 15.6 Å². The number of hydrogen-bond donors (Lipinski definition) is 1. The summed E-state index contributed by atoms with van der Waals surface area (Å²) in [7, 11) is -2.14. The Kier molecular flexibility index (Phi) is 6.80. The van der Waals surface area contributed by atoms with Gasteiger partial charge in [-0.1, -0.05) is 29.8 Å². The number of nitrogens with one attached hydrogen (secondary N) is 1. The maximum atomic E-state index is 13.6. The van der Waals surface area contributed by atoms with E-state index in [1.165, 1.54) is 17.5 Å². The Bertz CT molecular complexity index is 1170. The molecule has 0 aliphatic carbocycles. The Morgan fingerprint density at radius 3 is 2.81 bits per heavy atom. The van der Waals surface area contributed by atoms with Crippen molar-refractivity contribution < 1.29 is 23.1 Å². The summed E-state index contributed by atoms with van der Waals surface area (Å²) in [5.41, 5.74) is 0.268. The van der Waals surface area contributed by atoms with Crippen LogP contribution in [0.25, 0.3) is 16.2 Å². The minimum absolute atomic E-state index is 0.279. The lowest BCUT2D eigenvalue weighted by Gasteiger charge is -2.29. The summed E-state index contributed by atoms with van der Waals surface area (Å²) in [5.74, 6) is 0.200. The zero-order chi connectivity index (χ0) is 21.8. The smallest absolute Gasteiger partial charge is 0.347 e. The fourth-order valence-corrected chi connectivity index (χ4v) is 6.71. The first-order chi connectivity index (χ1) is 15.0. The summed E-state index contributed by atoms with van der Waals surface area (Å²) < 4.78 is 30.9. The van der Waals surface area contributed by atoms with E-state index in [1.807, 2.05) is 35.7 Å². The molecule has 2 heterocycles. The van der Waals surface area contributed by atoms with Crippen molar-refractivity contribution >= 4 is 52.6 Å². The van der Waals surface area contributed by atoms with Crippen LogP contribution in [0.5, 0.6) is 5.75 Å². The highest BCUT2D eigenvalue weighted by Gasteiger charge is 2.45. The molecule has 31 heavy (non-hydrogen) atoms. The Morgan fingerprint density at radius 1 is 1.26 bits per heavy atom. The average Bonchev–Trinajstić information content (AvgIpc) is 3.17. The lowest BCUT2D eigenvalue weighted by Crippen LogP contribution is -2.28. The SMILES string of the molecule is COc1ccccc1C=CNC(=O)C(c1csc2ccc(Cl)cc12)P1(=O)OCCCO1. The predicted octanol–water partition coefficient (Wildman–Crippen LogP) is 6.02. The molecule has 0 radical (unpaired) electrons. The van der Waals surface area contributed by atoms with Crippen molar-refractivity contribution in [1.82, 2.24) is 5.32 Å². The number of carbonyl (C=O) groups excluding carboxylic acids is 1. The van der Waals surface area contributed by atoms with Crippen LogP contribution >= 0.6 is 30.5 Å². The van der Waals surface area contributed by atoms with Crippen LogP contribution in [-0.4, -0.2) is 26.2 Å².